The van der Waals surface area contributed by atoms with Gasteiger partial charge in [-0.3, -0.25) is 0 Å². The van der Waals surface area contributed by atoms with Crippen LogP contribution in [0.3, 0.4) is 0 Å². The monoisotopic (exact) mass is 349 g/mol. The lowest BCUT2D eigenvalue weighted by Crippen LogP contribution is -2.12. The average Bonchev–Trinajstić information content (AvgIpc) is 2.37. The highest BCUT2D eigenvalue weighted by atomic mass is 79.9. The van der Waals surface area contributed by atoms with Gasteiger partial charge in [0.1, 0.15) is 15.6 Å². The van der Waals surface area contributed by atoms with Gasteiger partial charge in [0.2, 0.25) is 0 Å². The van der Waals surface area contributed by atoms with Gasteiger partial charge in [0, 0.05) is 12.3 Å². The molecule has 0 unspecified atom stereocenters. The van der Waals surface area contributed by atoms with E-state index >= 15 is 0 Å². The van der Waals surface area contributed by atoms with E-state index in [1.54, 1.807) is 6.92 Å². The Morgan fingerprint density at radius 3 is 2.68 bits per heavy atom. The third-order valence-electron chi connectivity index (χ3n) is 2.67. The summed E-state index contributed by atoms with van der Waals surface area (Å²) in [5.41, 5.74) is 1.16. The fourth-order valence-corrected chi connectivity index (χ4v) is 2.97. The van der Waals surface area contributed by atoms with Gasteiger partial charge in [-0.05, 0) is 47.1 Å². The van der Waals surface area contributed by atoms with E-state index in [1.165, 1.54) is 0 Å². The molecule has 4 nitrogen and oxygen atoms in total. The SMILES string of the molecule is CCS(=O)(=O)CCCOc1ccc(CNC)cc1Br. The fraction of sp³-hybridized carbons (Fsp3) is 0.538. The molecule has 19 heavy (non-hydrogen) atoms. The lowest BCUT2D eigenvalue weighted by atomic mass is 10.2. The summed E-state index contributed by atoms with van der Waals surface area (Å²) < 4.78 is 29.1. The molecule has 0 aliphatic rings. The summed E-state index contributed by atoms with van der Waals surface area (Å²) in [7, 11) is -1.00. The van der Waals surface area contributed by atoms with Gasteiger partial charge in [-0.15, -0.1) is 0 Å². The number of ether oxygens (including phenoxy) is 1. The second-order valence-electron chi connectivity index (χ2n) is 4.23. The van der Waals surface area contributed by atoms with Crippen LogP contribution in [-0.2, 0) is 16.4 Å². The van der Waals surface area contributed by atoms with Gasteiger partial charge >= 0.3 is 0 Å². The van der Waals surface area contributed by atoms with Crippen LogP contribution >= 0.6 is 15.9 Å². The standard InChI is InChI=1S/C13H20BrNO3S/c1-3-19(16,17)8-4-7-18-13-6-5-11(10-15-2)9-12(13)14/h5-6,9,15H,3-4,7-8,10H2,1-2H3. The first-order valence-corrected chi connectivity index (χ1v) is 8.86. The summed E-state index contributed by atoms with van der Waals surface area (Å²) in [6, 6.07) is 5.87. The molecule has 108 valence electrons. The number of hydrogen-bond acceptors (Lipinski definition) is 4. The van der Waals surface area contributed by atoms with Crippen LogP contribution in [0.2, 0.25) is 0 Å². The first kappa shape index (κ1) is 16.5. The molecule has 1 N–H and O–H groups in total. The average molecular weight is 350 g/mol. The van der Waals surface area contributed by atoms with Crippen molar-refractivity contribution in [3.8, 4) is 5.75 Å². The third-order valence-corrected chi connectivity index (χ3v) is 5.08. The van der Waals surface area contributed by atoms with Crippen LogP contribution < -0.4 is 10.1 Å². The molecule has 0 aliphatic heterocycles. The van der Waals surface area contributed by atoms with E-state index in [4.69, 9.17) is 4.74 Å². The van der Waals surface area contributed by atoms with Gasteiger partial charge in [0.05, 0.1) is 16.8 Å². The number of hydrogen-bond donors (Lipinski definition) is 1. The van der Waals surface area contributed by atoms with Gasteiger partial charge in [-0.1, -0.05) is 13.0 Å². The molecule has 0 spiro atoms. The smallest absolute Gasteiger partial charge is 0.150 e. The van der Waals surface area contributed by atoms with Crippen molar-refractivity contribution in [2.45, 2.75) is 19.9 Å². The molecule has 0 saturated carbocycles. The van der Waals surface area contributed by atoms with Gasteiger partial charge in [-0.25, -0.2) is 8.42 Å². The molecule has 0 aromatic heterocycles. The zero-order valence-electron chi connectivity index (χ0n) is 11.3. The maximum Gasteiger partial charge on any atom is 0.150 e. The highest BCUT2D eigenvalue weighted by Crippen LogP contribution is 2.26. The Kier molecular flexibility index (Phi) is 6.82. The topological polar surface area (TPSA) is 55.4 Å². The van der Waals surface area contributed by atoms with Crippen molar-refractivity contribution in [1.82, 2.24) is 5.32 Å². The predicted octanol–water partition coefficient (Wildman–Crippen LogP) is 2.37. The van der Waals surface area contributed by atoms with Crippen LogP contribution in [0, 0.1) is 0 Å². The van der Waals surface area contributed by atoms with Crippen LogP contribution in [0.25, 0.3) is 0 Å². The van der Waals surface area contributed by atoms with Gasteiger partial charge in [0.25, 0.3) is 0 Å². The van der Waals surface area contributed by atoms with E-state index in [2.05, 4.69) is 21.2 Å². The minimum Gasteiger partial charge on any atom is -0.492 e. The first-order chi connectivity index (χ1) is 8.98. The number of sulfone groups is 1. The Hall–Kier alpha value is -0.590. The van der Waals surface area contributed by atoms with E-state index in [0.29, 0.717) is 13.0 Å². The summed E-state index contributed by atoms with van der Waals surface area (Å²) in [6.07, 6.45) is 0.515. The molecule has 0 amide bonds. The van der Waals surface area contributed by atoms with E-state index in [0.717, 1.165) is 22.3 Å². The van der Waals surface area contributed by atoms with Crippen LogP contribution in [0.5, 0.6) is 5.75 Å². The number of nitrogens with one attached hydrogen (secondary N) is 1. The molecule has 0 radical (unpaired) electrons. The molecule has 0 heterocycles. The highest BCUT2D eigenvalue weighted by molar-refractivity contribution is 9.10. The molecule has 6 heteroatoms. The van der Waals surface area contributed by atoms with Crippen molar-refractivity contribution in [3.05, 3.63) is 28.2 Å². The van der Waals surface area contributed by atoms with E-state index in [1.807, 2.05) is 25.2 Å². The maximum atomic E-state index is 11.3. The predicted molar refractivity (Wildman–Crippen MR) is 81.3 cm³/mol. The summed E-state index contributed by atoms with van der Waals surface area (Å²) in [5.74, 6) is 1.11. The Balaban J connectivity index is 2.46. The molecule has 1 aromatic carbocycles. The maximum absolute atomic E-state index is 11.3. The molecule has 0 aliphatic carbocycles. The second kappa shape index (κ2) is 7.87. The molecule has 0 fully saturated rings. The van der Waals surface area contributed by atoms with Crippen LogP contribution in [-0.4, -0.2) is 33.6 Å². The largest absolute Gasteiger partial charge is 0.492 e. The Morgan fingerprint density at radius 2 is 2.11 bits per heavy atom. The minimum absolute atomic E-state index is 0.180. The molecular weight excluding hydrogens is 330 g/mol. The van der Waals surface area contributed by atoms with Crippen molar-refractivity contribution in [1.29, 1.82) is 0 Å². The molecule has 0 bridgehead atoms. The zero-order valence-corrected chi connectivity index (χ0v) is 13.7. The summed E-state index contributed by atoms with van der Waals surface area (Å²) in [6.45, 7) is 2.87. The van der Waals surface area contributed by atoms with Crippen molar-refractivity contribution in [2.75, 3.05) is 25.2 Å². The molecule has 1 aromatic rings. The summed E-state index contributed by atoms with van der Waals surface area (Å²) in [4.78, 5) is 0. The normalized spacial score (nSPS) is 11.5. The number of halogens is 1. The Labute approximate surface area is 123 Å². The molecule has 0 atom stereocenters. The Bertz CT molecular complexity index is 503. The van der Waals surface area contributed by atoms with E-state index < -0.39 is 9.84 Å². The van der Waals surface area contributed by atoms with E-state index in [-0.39, 0.29) is 11.5 Å². The zero-order chi connectivity index (χ0) is 14.3. The lowest BCUT2D eigenvalue weighted by molar-refractivity contribution is 0.315. The molecular formula is C13H20BrNO3S. The van der Waals surface area contributed by atoms with Crippen molar-refractivity contribution in [2.24, 2.45) is 0 Å². The number of rotatable bonds is 8. The Morgan fingerprint density at radius 1 is 1.37 bits per heavy atom. The second-order valence-corrected chi connectivity index (χ2v) is 7.56. The number of benzene rings is 1. The first-order valence-electron chi connectivity index (χ1n) is 6.24. The summed E-state index contributed by atoms with van der Waals surface area (Å²) in [5, 5.41) is 3.08. The van der Waals surface area contributed by atoms with Crippen molar-refractivity contribution < 1.29 is 13.2 Å². The quantitative estimate of drug-likeness (QED) is 0.732. The highest BCUT2D eigenvalue weighted by Gasteiger charge is 2.07. The van der Waals surface area contributed by atoms with Crippen molar-refractivity contribution in [3.63, 3.8) is 0 Å². The summed E-state index contributed by atoms with van der Waals surface area (Å²) >= 11 is 3.45. The minimum atomic E-state index is -2.90. The molecule has 1 rings (SSSR count). The van der Waals surface area contributed by atoms with Crippen LogP contribution in [0.15, 0.2) is 22.7 Å². The van der Waals surface area contributed by atoms with Crippen LogP contribution in [0.4, 0.5) is 0 Å². The fourth-order valence-electron chi connectivity index (χ4n) is 1.58. The van der Waals surface area contributed by atoms with E-state index in [9.17, 15) is 8.42 Å². The van der Waals surface area contributed by atoms with Gasteiger partial charge < -0.3 is 10.1 Å². The lowest BCUT2D eigenvalue weighted by Gasteiger charge is -2.09. The van der Waals surface area contributed by atoms with Gasteiger partial charge in [-0.2, -0.15) is 0 Å². The third kappa shape index (κ3) is 5.93. The van der Waals surface area contributed by atoms with Gasteiger partial charge in [0.15, 0.2) is 0 Å². The van der Waals surface area contributed by atoms with Crippen LogP contribution in [0.1, 0.15) is 18.9 Å². The molecule has 0 saturated heterocycles. The van der Waals surface area contributed by atoms with Crippen molar-refractivity contribution >= 4 is 25.8 Å².